The number of hydrogen-bond donors (Lipinski definition) is 1. The van der Waals surface area contributed by atoms with Crippen LogP contribution in [0, 0.1) is 0 Å². The molecule has 0 spiro atoms. The molecule has 0 saturated carbocycles. The van der Waals surface area contributed by atoms with E-state index in [9.17, 15) is 4.79 Å². The average molecular weight is 281 g/mol. The Morgan fingerprint density at radius 2 is 1.95 bits per heavy atom. The molecule has 0 saturated heterocycles. The number of rotatable bonds is 6. The second-order valence-corrected chi connectivity index (χ2v) is 5.25. The Kier molecular flexibility index (Phi) is 5.82. The van der Waals surface area contributed by atoms with Crippen LogP contribution in [0.5, 0.6) is 5.75 Å². The zero-order valence-corrected chi connectivity index (χ0v) is 12.6. The van der Waals surface area contributed by atoms with Crippen molar-refractivity contribution < 1.29 is 19.0 Å². The molecule has 0 unspecified atom stereocenters. The molecule has 5 heteroatoms. The van der Waals surface area contributed by atoms with Gasteiger partial charge in [0.25, 0.3) is 0 Å². The summed E-state index contributed by atoms with van der Waals surface area (Å²) in [6.45, 7) is 8.64. The highest BCUT2D eigenvalue weighted by molar-refractivity contribution is 5.98. The lowest BCUT2D eigenvalue weighted by Crippen LogP contribution is -2.23. The van der Waals surface area contributed by atoms with Crippen LogP contribution < -0.4 is 10.5 Å². The molecule has 0 aliphatic rings. The fourth-order valence-corrected chi connectivity index (χ4v) is 1.60. The third-order valence-electron chi connectivity index (χ3n) is 2.41. The van der Waals surface area contributed by atoms with E-state index in [1.807, 2.05) is 27.7 Å². The van der Waals surface area contributed by atoms with Crippen molar-refractivity contribution in [3.05, 3.63) is 23.8 Å². The van der Waals surface area contributed by atoms with E-state index in [2.05, 4.69) is 0 Å². The van der Waals surface area contributed by atoms with Gasteiger partial charge in [-0.25, -0.2) is 4.79 Å². The molecular weight excluding hydrogens is 258 g/mol. The molecule has 0 radical (unpaired) electrons. The number of nitrogens with two attached hydrogens (primary N) is 1. The van der Waals surface area contributed by atoms with Crippen molar-refractivity contribution in [3.63, 3.8) is 0 Å². The molecule has 0 aliphatic carbocycles. The number of carbonyl (C=O) groups is 1. The molecule has 0 bridgehead atoms. The molecule has 5 nitrogen and oxygen atoms in total. The van der Waals surface area contributed by atoms with E-state index < -0.39 is 5.97 Å². The molecule has 1 aromatic rings. The molecule has 1 aromatic carbocycles. The zero-order valence-electron chi connectivity index (χ0n) is 12.6. The Labute approximate surface area is 120 Å². The van der Waals surface area contributed by atoms with Crippen LogP contribution in [0.3, 0.4) is 0 Å². The Hall–Kier alpha value is -1.75. The third-order valence-corrected chi connectivity index (χ3v) is 2.41. The highest BCUT2D eigenvalue weighted by Gasteiger charge is 2.18. The number of hydrogen-bond acceptors (Lipinski definition) is 5. The Balaban J connectivity index is 2.63. The molecule has 0 atom stereocenters. The lowest BCUT2D eigenvalue weighted by Gasteiger charge is -2.19. The Bertz CT molecular complexity index is 452. The highest BCUT2D eigenvalue weighted by Crippen LogP contribution is 2.25. The van der Waals surface area contributed by atoms with Gasteiger partial charge >= 0.3 is 5.97 Å². The molecule has 20 heavy (non-hydrogen) atoms. The topological polar surface area (TPSA) is 70.8 Å². The SMILES string of the molecule is CCOc1cccc(N)c1C(=O)OCCOC(C)(C)C. The van der Waals surface area contributed by atoms with Crippen molar-refractivity contribution in [1.82, 2.24) is 0 Å². The minimum Gasteiger partial charge on any atom is -0.493 e. The average Bonchev–Trinajstić information content (AvgIpc) is 2.34. The normalized spacial score (nSPS) is 11.2. The van der Waals surface area contributed by atoms with Crippen LogP contribution in [0.2, 0.25) is 0 Å². The summed E-state index contributed by atoms with van der Waals surface area (Å²) in [5.41, 5.74) is 6.17. The Morgan fingerprint density at radius 3 is 2.55 bits per heavy atom. The van der Waals surface area contributed by atoms with Crippen LogP contribution in [0.1, 0.15) is 38.1 Å². The van der Waals surface area contributed by atoms with Gasteiger partial charge in [-0.3, -0.25) is 0 Å². The van der Waals surface area contributed by atoms with Gasteiger partial charge in [-0.05, 0) is 39.8 Å². The fourth-order valence-electron chi connectivity index (χ4n) is 1.60. The van der Waals surface area contributed by atoms with Gasteiger partial charge in [-0.1, -0.05) is 6.07 Å². The second kappa shape index (κ2) is 7.14. The summed E-state index contributed by atoms with van der Waals surface area (Å²) in [7, 11) is 0. The Morgan fingerprint density at radius 1 is 1.25 bits per heavy atom. The molecule has 0 aromatic heterocycles. The van der Waals surface area contributed by atoms with Gasteiger partial charge in [-0.2, -0.15) is 0 Å². The summed E-state index contributed by atoms with van der Waals surface area (Å²) in [4.78, 5) is 12.0. The van der Waals surface area contributed by atoms with Gasteiger partial charge in [0.05, 0.1) is 18.8 Å². The first kappa shape index (κ1) is 16.3. The fraction of sp³-hybridized carbons (Fsp3) is 0.533. The minimum atomic E-state index is -0.496. The third kappa shape index (κ3) is 5.09. The first-order valence-corrected chi connectivity index (χ1v) is 6.67. The summed E-state index contributed by atoms with van der Waals surface area (Å²) in [5, 5.41) is 0. The monoisotopic (exact) mass is 281 g/mol. The molecule has 112 valence electrons. The standard InChI is InChI=1S/C15H23NO4/c1-5-18-12-8-6-7-11(16)13(12)14(17)19-9-10-20-15(2,3)4/h6-8H,5,9-10,16H2,1-4H3. The van der Waals surface area contributed by atoms with Crippen molar-refractivity contribution in [1.29, 1.82) is 0 Å². The van der Waals surface area contributed by atoms with Crippen LogP contribution in [0.4, 0.5) is 5.69 Å². The number of esters is 1. The van der Waals surface area contributed by atoms with Gasteiger partial charge in [0.15, 0.2) is 0 Å². The molecule has 0 amide bonds. The second-order valence-electron chi connectivity index (χ2n) is 5.25. The van der Waals surface area contributed by atoms with Crippen molar-refractivity contribution in [2.24, 2.45) is 0 Å². The van der Waals surface area contributed by atoms with Crippen LogP contribution in [0.25, 0.3) is 0 Å². The van der Waals surface area contributed by atoms with E-state index in [1.54, 1.807) is 18.2 Å². The van der Waals surface area contributed by atoms with Crippen LogP contribution in [-0.4, -0.2) is 31.4 Å². The minimum absolute atomic E-state index is 0.177. The summed E-state index contributed by atoms with van der Waals surface area (Å²) >= 11 is 0. The number of nitrogen functional groups attached to an aromatic ring is 1. The zero-order chi connectivity index (χ0) is 15.2. The van der Waals surface area contributed by atoms with E-state index in [4.69, 9.17) is 19.9 Å². The first-order chi connectivity index (χ1) is 9.35. The number of carbonyl (C=O) groups excluding carboxylic acids is 1. The van der Waals surface area contributed by atoms with E-state index in [0.29, 0.717) is 24.7 Å². The lowest BCUT2D eigenvalue weighted by atomic mass is 10.1. The van der Waals surface area contributed by atoms with Crippen LogP contribution in [0.15, 0.2) is 18.2 Å². The predicted octanol–water partition coefficient (Wildman–Crippen LogP) is 2.64. The van der Waals surface area contributed by atoms with Gasteiger partial charge in [0.1, 0.15) is 17.9 Å². The molecule has 0 fully saturated rings. The van der Waals surface area contributed by atoms with E-state index in [-0.39, 0.29) is 17.8 Å². The number of benzene rings is 1. The van der Waals surface area contributed by atoms with Gasteiger partial charge in [0, 0.05) is 5.69 Å². The maximum absolute atomic E-state index is 12.0. The van der Waals surface area contributed by atoms with Crippen molar-refractivity contribution in [2.45, 2.75) is 33.3 Å². The van der Waals surface area contributed by atoms with Gasteiger partial charge in [-0.15, -0.1) is 0 Å². The van der Waals surface area contributed by atoms with E-state index >= 15 is 0 Å². The largest absolute Gasteiger partial charge is 0.493 e. The molecule has 0 heterocycles. The predicted molar refractivity (Wildman–Crippen MR) is 78.0 cm³/mol. The smallest absolute Gasteiger partial charge is 0.344 e. The number of ether oxygens (including phenoxy) is 3. The van der Waals surface area contributed by atoms with E-state index in [1.165, 1.54) is 0 Å². The van der Waals surface area contributed by atoms with Gasteiger partial charge in [0.2, 0.25) is 0 Å². The highest BCUT2D eigenvalue weighted by atomic mass is 16.6. The van der Waals surface area contributed by atoms with Crippen LogP contribution in [-0.2, 0) is 9.47 Å². The summed E-state index contributed by atoms with van der Waals surface area (Å²) < 4.78 is 16.0. The molecule has 2 N–H and O–H groups in total. The van der Waals surface area contributed by atoms with Crippen LogP contribution >= 0.6 is 0 Å². The maximum atomic E-state index is 12.0. The maximum Gasteiger partial charge on any atom is 0.344 e. The van der Waals surface area contributed by atoms with E-state index in [0.717, 1.165) is 0 Å². The van der Waals surface area contributed by atoms with Crippen molar-refractivity contribution in [3.8, 4) is 5.75 Å². The molecular formula is C15H23NO4. The molecule has 1 rings (SSSR count). The first-order valence-electron chi connectivity index (χ1n) is 6.67. The lowest BCUT2D eigenvalue weighted by molar-refractivity contribution is -0.0282. The molecule has 0 aliphatic heterocycles. The summed E-state index contributed by atoms with van der Waals surface area (Å²) in [5.74, 6) is -0.0571. The van der Waals surface area contributed by atoms with Crippen molar-refractivity contribution in [2.75, 3.05) is 25.6 Å². The van der Waals surface area contributed by atoms with Gasteiger partial charge < -0.3 is 19.9 Å². The number of anilines is 1. The quantitative estimate of drug-likeness (QED) is 0.493. The summed E-state index contributed by atoms with van der Waals surface area (Å²) in [6.07, 6.45) is 0. The van der Waals surface area contributed by atoms with Crippen molar-refractivity contribution >= 4 is 11.7 Å². The summed E-state index contributed by atoms with van der Waals surface area (Å²) in [6, 6.07) is 5.08.